The number of hydrogen-bond acceptors (Lipinski definition) is 3. The van der Waals surface area contributed by atoms with Crippen LogP contribution in [-0.4, -0.2) is 38.8 Å². The first kappa shape index (κ1) is 13.8. The first-order chi connectivity index (χ1) is 10.2. The normalized spacial score (nSPS) is 18.2. The van der Waals surface area contributed by atoms with Crippen molar-refractivity contribution in [2.75, 3.05) is 13.1 Å². The maximum atomic E-state index is 12.5. The minimum atomic E-state index is -0.0422. The molecule has 3 rings (SSSR count). The smallest absolute Gasteiger partial charge is 0.253 e. The van der Waals surface area contributed by atoms with Crippen LogP contribution in [0.15, 0.2) is 36.7 Å². The van der Waals surface area contributed by atoms with Crippen LogP contribution in [0.5, 0.6) is 0 Å². The van der Waals surface area contributed by atoms with Gasteiger partial charge in [0.2, 0.25) is 0 Å². The summed E-state index contributed by atoms with van der Waals surface area (Å²) in [6.45, 7) is 1.45. The molecule has 21 heavy (non-hydrogen) atoms. The highest BCUT2D eigenvalue weighted by atomic mass is 16.3. The zero-order chi connectivity index (χ0) is 14.8. The van der Waals surface area contributed by atoms with Crippen molar-refractivity contribution in [3.63, 3.8) is 0 Å². The molecule has 1 saturated heterocycles. The predicted octanol–water partition coefficient (Wildman–Crippen LogP) is 1.54. The molecule has 1 aliphatic heterocycles. The minimum Gasteiger partial charge on any atom is -0.392 e. The fourth-order valence-corrected chi connectivity index (χ4v) is 2.85. The van der Waals surface area contributed by atoms with Gasteiger partial charge in [-0.25, -0.2) is 0 Å². The standard InChI is InChI=1S/C16H19N3O2/c1-18-9-15(8-17-18)14-5-6-19(10-14)16(21)13-4-2-3-12(7-13)11-20/h2-4,7-9,14,20H,5-6,10-11H2,1H3. The summed E-state index contributed by atoms with van der Waals surface area (Å²) in [6.07, 6.45) is 4.87. The van der Waals surface area contributed by atoms with E-state index in [0.29, 0.717) is 11.5 Å². The van der Waals surface area contributed by atoms with E-state index in [2.05, 4.69) is 5.10 Å². The van der Waals surface area contributed by atoms with Crippen molar-refractivity contribution in [2.45, 2.75) is 18.9 Å². The summed E-state index contributed by atoms with van der Waals surface area (Å²) in [5.41, 5.74) is 2.61. The van der Waals surface area contributed by atoms with E-state index in [1.807, 2.05) is 36.5 Å². The summed E-state index contributed by atoms with van der Waals surface area (Å²) in [4.78, 5) is 14.4. The molecule has 1 aromatic carbocycles. The van der Waals surface area contributed by atoms with Crippen LogP contribution in [-0.2, 0) is 13.7 Å². The van der Waals surface area contributed by atoms with Crippen molar-refractivity contribution in [1.29, 1.82) is 0 Å². The molecule has 110 valence electrons. The SMILES string of the molecule is Cn1cc(C2CCN(C(=O)c3cccc(CO)c3)C2)cn1. The van der Waals surface area contributed by atoms with Gasteiger partial charge < -0.3 is 10.0 Å². The van der Waals surface area contributed by atoms with Crippen molar-refractivity contribution >= 4 is 5.91 Å². The van der Waals surface area contributed by atoms with Gasteiger partial charge in [0.15, 0.2) is 0 Å². The number of carbonyl (C=O) groups is 1. The molecule has 5 nitrogen and oxygen atoms in total. The van der Waals surface area contributed by atoms with E-state index in [9.17, 15) is 4.79 Å². The monoisotopic (exact) mass is 285 g/mol. The zero-order valence-corrected chi connectivity index (χ0v) is 12.1. The third-order valence-electron chi connectivity index (χ3n) is 4.03. The van der Waals surface area contributed by atoms with Crippen molar-refractivity contribution in [3.05, 3.63) is 53.3 Å². The van der Waals surface area contributed by atoms with E-state index in [-0.39, 0.29) is 12.5 Å². The summed E-state index contributed by atoms with van der Waals surface area (Å²) < 4.78 is 1.80. The topological polar surface area (TPSA) is 58.4 Å². The Morgan fingerprint density at radius 1 is 1.48 bits per heavy atom. The third kappa shape index (κ3) is 2.83. The highest BCUT2D eigenvalue weighted by Crippen LogP contribution is 2.27. The molecule has 1 fully saturated rings. The Kier molecular flexibility index (Phi) is 3.75. The molecule has 0 saturated carbocycles. The lowest BCUT2D eigenvalue weighted by atomic mass is 10.0. The molecule has 0 aliphatic carbocycles. The van der Waals surface area contributed by atoms with Crippen LogP contribution in [0.4, 0.5) is 0 Å². The van der Waals surface area contributed by atoms with Crippen LogP contribution in [0, 0.1) is 0 Å². The van der Waals surface area contributed by atoms with Crippen LogP contribution >= 0.6 is 0 Å². The number of amides is 1. The van der Waals surface area contributed by atoms with E-state index in [1.165, 1.54) is 5.56 Å². The van der Waals surface area contributed by atoms with Crippen LogP contribution < -0.4 is 0 Å². The number of likely N-dealkylation sites (tertiary alicyclic amines) is 1. The Morgan fingerprint density at radius 3 is 3.05 bits per heavy atom. The van der Waals surface area contributed by atoms with Crippen LogP contribution in [0.2, 0.25) is 0 Å². The largest absolute Gasteiger partial charge is 0.392 e. The highest BCUT2D eigenvalue weighted by molar-refractivity contribution is 5.94. The Labute approximate surface area is 123 Å². The molecule has 0 radical (unpaired) electrons. The minimum absolute atomic E-state index is 0.0386. The van der Waals surface area contributed by atoms with E-state index in [1.54, 1.807) is 16.8 Å². The lowest BCUT2D eigenvalue weighted by Gasteiger charge is -2.16. The van der Waals surface area contributed by atoms with Crippen molar-refractivity contribution in [1.82, 2.24) is 14.7 Å². The molecule has 2 aromatic rings. The second-order valence-corrected chi connectivity index (χ2v) is 5.54. The molecule has 1 atom stereocenters. The van der Waals surface area contributed by atoms with Gasteiger partial charge in [-0.3, -0.25) is 9.48 Å². The van der Waals surface area contributed by atoms with Gasteiger partial charge in [-0.05, 0) is 29.7 Å². The molecule has 1 unspecified atom stereocenters. The number of rotatable bonds is 3. The van der Waals surface area contributed by atoms with Crippen molar-refractivity contribution < 1.29 is 9.90 Å². The average molecular weight is 285 g/mol. The number of aliphatic hydroxyl groups is 1. The van der Waals surface area contributed by atoms with Gasteiger partial charge in [-0.15, -0.1) is 0 Å². The van der Waals surface area contributed by atoms with Gasteiger partial charge in [0.05, 0.1) is 12.8 Å². The first-order valence-electron chi connectivity index (χ1n) is 7.15. The number of carbonyl (C=O) groups excluding carboxylic acids is 1. The van der Waals surface area contributed by atoms with Crippen molar-refractivity contribution in [3.8, 4) is 0 Å². The molecular weight excluding hydrogens is 266 g/mol. The van der Waals surface area contributed by atoms with Crippen molar-refractivity contribution in [2.24, 2.45) is 7.05 Å². The summed E-state index contributed by atoms with van der Waals surface area (Å²) >= 11 is 0. The van der Waals surface area contributed by atoms with Gasteiger partial charge in [-0.1, -0.05) is 12.1 Å². The summed E-state index contributed by atoms with van der Waals surface area (Å²) in [5.74, 6) is 0.403. The van der Waals surface area contributed by atoms with E-state index >= 15 is 0 Å². The Morgan fingerprint density at radius 2 is 2.33 bits per heavy atom. The molecule has 2 heterocycles. The van der Waals surface area contributed by atoms with Gasteiger partial charge >= 0.3 is 0 Å². The number of aromatic nitrogens is 2. The van der Waals surface area contributed by atoms with Crippen LogP contribution in [0.25, 0.3) is 0 Å². The Balaban J connectivity index is 1.72. The molecule has 1 aliphatic rings. The molecule has 0 bridgehead atoms. The molecule has 5 heteroatoms. The summed E-state index contributed by atoms with van der Waals surface area (Å²) in [5, 5.41) is 13.4. The van der Waals surface area contributed by atoms with E-state index in [0.717, 1.165) is 25.1 Å². The Bertz CT molecular complexity index is 650. The predicted molar refractivity (Wildman–Crippen MR) is 78.8 cm³/mol. The highest BCUT2D eigenvalue weighted by Gasteiger charge is 2.28. The second-order valence-electron chi connectivity index (χ2n) is 5.54. The lowest BCUT2D eigenvalue weighted by Crippen LogP contribution is -2.28. The zero-order valence-electron chi connectivity index (χ0n) is 12.1. The first-order valence-corrected chi connectivity index (χ1v) is 7.15. The van der Waals surface area contributed by atoms with Gasteiger partial charge in [0, 0.05) is 37.8 Å². The fraction of sp³-hybridized carbons (Fsp3) is 0.375. The molecule has 1 aromatic heterocycles. The number of nitrogens with zero attached hydrogens (tertiary/aromatic N) is 3. The molecule has 1 N–H and O–H groups in total. The third-order valence-corrected chi connectivity index (χ3v) is 4.03. The number of benzene rings is 1. The average Bonchev–Trinajstić information content (AvgIpc) is 3.15. The number of aryl methyl sites for hydroxylation is 1. The fourth-order valence-electron chi connectivity index (χ4n) is 2.85. The van der Waals surface area contributed by atoms with Crippen LogP contribution in [0.1, 0.15) is 33.8 Å². The van der Waals surface area contributed by atoms with E-state index in [4.69, 9.17) is 5.11 Å². The summed E-state index contributed by atoms with van der Waals surface area (Å²) in [7, 11) is 1.90. The molecule has 1 amide bonds. The van der Waals surface area contributed by atoms with Crippen LogP contribution in [0.3, 0.4) is 0 Å². The van der Waals surface area contributed by atoms with Gasteiger partial charge in [-0.2, -0.15) is 5.10 Å². The molecular formula is C16H19N3O2. The second kappa shape index (κ2) is 5.69. The number of aliphatic hydroxyl groups excluding tert-OH is 1. The maximum Gasteiger partial charge on any atom is 0.253 e. The Hall–Kier alpha value is -2.14. The van der Waals surface area contributed by atoms with Gasteiger partial charge in [0.1, 0.15) is 0 Å². The lowest BCUT2D eigenvalue weighted by molar-refractivity contribution is 0.0790. The number of hydrogen-bond donors (Lipinski definition) is 1. The molecule has 0 spiro atoms. The van der Waals surface area contributed by atoms with Gasteiger partial charge in [0.25, 0.3) is 5.91 Å². The summed E-state index contributed by atoms with van der Waals surface area (Å²) in [6, 6.07) is 7.20. The maximum absolute atomic E-state index is 12.5. The quantitative estimate of drug-likeness (QED) is 0.930. The van der Waals surface area contributed by atoms with E-state index < -0.39 is 0 Å².